The van der Waals surface area contributed by atoms with E-state index in [9.17, 15) is 19.0 Å². The molecule has 2 atom stereocenters. The van der Waals surface area contributed by atoms with Crippen LogP contribution in [0.1, 0.15) is 335 Å². The summed E-state index contributed by atoms with van der Waals surface area (Å²) in [5, 5.41) is 0. The summed E-state index contributed by atoms with van der Waals surface area (Å²) >= 11 is 0. The summed E-state index contributed by atoms with van der Waals surface area (Å²) in [6.07, 6.45) is 95.2. The molecule has 0 heterocycles. The van der Waals surface area contributed by atoms with Crippen molar-refractivity contribution < 1.29 is 42.1 Å². The number of rotatable bonds is 68. The largest absolute Gasteiger partial charge is 0.472 e. The van der Waals surface area contributed by atoms with Crippen molar-refractivity contribution in [3.05, 3.63) is 97.2 Å². The summed E-state index contributed by atoms with van der Waals surface area (Å²) in [6, 6.07) is 0. The first-order valence-electron chi connectivity index (χ1n) is 37.0. The van der Waals surface area contributed by atoms with Crippen LogP contribution < -0.4 is 0 Å². The second-order valence-electron chi connectivity index (χ2n) is 26.0. The second-order valence-corrected chi connectivity index (χ2v) is 27.4. The predicted octanol–water partition coefficient (Wildman–Crippen LogP) is 24.3. The summed E-state index contributed by atoms with van der Waals surface area (Å²) in [5.41, 5.74) is 0. The maximum atomic E-state index is 12.9. The maximum Gasteiger partial charge on any atom is 0.472 e. The average molecular weight is 1250 g/mol. The first kappa shape index (κ1) is 84.9. The molecule has 0 aliphatic rings. The Balaban J connectivity index is 3.98. The molecule has 0 amide bonds. The zero-order valence-corrected chi connectivity index (χ0v) is 59.1. The summed E-state index contributed by atoms with van der Waals surface area (Å²) in [4.78, 5) is 35.9. The number of nitrogens with zero attached hydrogens (tertiary/aromatic N) is 1. The minimum absolute atomic E-state index is 0.0316. The number of hydrogen-bond donors (Lipinski definition) is 1. The van der Waals surface area contributed by atoms with E-state index in [4.69, 9.17) is 18.5 Å². The van der Waals surface area contributed by atoms with Gasteiger partial charge in [-0.05, 0) is 77.0 Å². The zero-order valence-electron chi connectivity index (χ0n) is 58.2. The minimum atomic E-state index is -4.39. The third kappa shape index (κ3) is 72.0. The Morgan fingerprint density at radius 2 is 0.648 bits per heavy atom. The van der Waals surface area contributed by atoms with Crippen LogP contribution in [0.2, 0.25) is 0 Å². The monoisotopic (exact) mass is 1250 g/mol. The molecular weight excluding hydrogens is 1110 g/mol. The molecule has 0 fully saturated rings. The van der Waals surface area contributed by atoms with E-state index in [0.29, 0.717) is 23.9 Å². The Morgan fingerprint density at radius 3 is 0.966 bits per heavy atom. The molecule has 0 saturated heterocycles. The Hall–Kier alpha value is -3.07. The van der Waals surface area contributed by atoms with Gasteiger partial charge in [0.05, 0.1) is 27.7 Å². The molecule has 0 aromatic carbocycles. The van der Waals surface area contributed by atoms with Gasteiger partial charge in [-0.1, -0.05) is 342 Å². The fourth-order valence-electron chi connectivity index (χ4n) is 10.5. The van der Waals surface area contributed by atoms with Crippen molar-refractivity contribution in [2.45, 2.75) is 341 Å². The highest BCUT2D eigenvalue weighted by Gasteiger charge is 2.27. The lowest BCUT2D eigenvalue weighted by Gasteiger charge is -2.24. The molecule has 0 spiro atoms. The first-order chi connectivity index (χ1) is 43.0. The molecule has 0 saturated carbocycles. The molecule has 0 aromatic rings. The standard InChI is InChI=1S/C78H140NO8P/c1-6-8-10-12-14-16-18-20-22-24-26-28-30-31-32-33-34-35-36-37-38-39-40-41-42-43-44-45-46-47-49-51-53-55-57-59-61-63-65-67-69-71-78(81)87-76(75-86-88(82,83)85-73-72-79(3,4)5)74-84-77(80)70-68-66-64-62-60-58-56-54-52-50-48-29-27-25-23-21-19-17-15-13-11-9-7-2/h8,10,14,16,20,22,26,28,31-32,34-35,37-38,40-41,76H,6-7,9,11-13,15,17-19,21,23-25,27,29-30,33,36,39,42-75H2,1-5H3/p+1/b10-8-,16-14-,22-20-,28-26-,32-31-,35-34-,38-37-,41-40-. The van der Waals surface area contributed by atoms with Gasteiger partial charge in [0.25, 0.3) is 0 Å². The minimum Gasteiger partial charge on any atom is -0.462 e. The Kier molecular flexibility index (Phi) is 65.9. The van der Waals surface area contributed by atoms with E-state index in [2.05, 4.69) is 111 Å². The highest BCUT2D eigenvalue weighted by molar-refractivity contribution is 7.47. The fraction of sp³-hybridized carbons (Fsp3) is 0.769. The average Bonchev–Trinajstić information content (AvgIpc) is 3.58. The van der Waals surface area contributed by atoms with Gasteiger partial charge >= 0.3 is 19.8 Å². The van der Waals surface area contributed by atoms with Crippen LogP contribution in [0.25, 0.3) is 0 Å². The van der Waals surface area contributed by atoms with Gasteiger partial charge in [-0.2, -0.15) is 0 Å². The smallest absolute Gasteiger partial charge is 0.462 e. The lowest BCUT2D eigenvalue weighted by Crippen LogP contribution is -2.37. The van der Waals surface area contributed by atoms with Crippen molar-refractivity contribution in [1.29, 1.82) is 0 Å². The molecular formula is C78H141NO8P+. The highest BCUT2D eigenvalue weighted by atomic mass is 31.2. The second kappa shape index (κ2) is 68.3. The van der Waals surface area contributed by atoms with Crippen LogP contribution in [0.5, 0.6) is 0 Å². The number of carbonyl (C=O) groups excluding carboxylic acids is 2. The summed E-state index contributed by atoms with van der Waals surface area (Å²) < 4.78 is 34.8. The lowest BCUT2D eigenvalue weighted by molar-refractivity contribution is -0.870. The van der Waals surface area contributed by atoms with Crippen molar-refractivity contribution in [1.82, 2.24) is 0 Å². The molecule has 0 rings (SSSR count). The summed E-state index contributed by atoms with van der Waals surface area (Å²) in [5.74, 6) is -0.782. The Labute approximate surface area is 544 Å². The molecule has 0 bridgehead atoms. The lowest BCUT2D eigenvalue weighted by atomic mass is 10.0. The number of likely N-dealkylation sites (N-methyl/N-ethyl adjacent to an activating group) is 1. The molecule has 10 heteroatoms. The number of esters is 2. The van der Waals surface area contributed by atoms with Gasteiger partial charge in [0, 0.05) is 12.8 Å². The molecule has 0 radical (unpaired) electrons. The van der Waals surface area contributed by atoms with Gasteiger partial charge in [-0.25, -0.2) is 4.57 Å². The van der Waals surface area contributed by atoms with E-state index in [-0.39, 0.29) is 25.6 Å². The number of hydrogen-bond acceptors (Lipinski definition) is 7. The number of phosphoric acid groups is 1. The molecule has 510 valence electrons. The third-order valence-corrected chi connectivity index (χ3v) is 17.1. The maximum absolute atomic E-state index is 12.9. The van der Waals surface area contributed by atoms with Gasteiger partial charge in [-0.15, -0.1) is 0 Å². The number of carbonyl (C=O) groups is 2. The number of ether oxygens (including phenoxy) is 2. The molecule has 0 aliphatic heterocycles. The van der Waals surface area contributed by atoms with E-state index >= 15 is 0 Å². The SMILES string of the molecule is CC/C=C\C/C=C\C/C=C\C/C=C\C/C=C\C/C=C\C/C=C\C/C=C\CCCCCCCCCCCCCCCCCCC(=O)OC(COC(=O)CCCCCCCCCCCCCCCCCCCCCCCCC)COP(=O)(O)OCC[N+](C)(C)C. The molecule has 0 aromatic heterocycles. The van der Waals surface area contributed by atoms with Crippen molar-refractivity contribution >= 4 is 19.8 Å². The summed E-state index contributed by atoms with van der Waals surface area (Å²) in [6.45, 7) is 4.37. The fourth-order valence-corrected chi connectivity index (χ4v) is 11.2. The van der Waals surface area contributed by atoms with Crippen LogP contribution in [0.4, 0.5) is 0 Å². The Bertz CT molecular complexity index is 1810. The number of quaternary nitrogens is 1. The van der Waals surface area contributed by atoms with Crippen LogP contribution in [-0.2, 0) is 32.7 Å². The van der Waals surface area contributed by atoms with E-state index in [1.807, 2.05) is 21.1 Å². The van der Waals surface area contributed by atoms with Crippen molar-refractivity contribution in [3.8, 4) is 0 Å². The van der Waals surface area contributed by atoms with Gasteiger partial charge in [-0.3, -0.25) is 18.6 Å². The first-order valence-corrected chi connectivity index (χ1v) is 38.5. The molecule has 9 nitrogen and oxygen atoms in total. The van der Waals surface area contributed by atoms with Crippen LogP contribution in [0.3, 0.4) is 0 Å². The van der Waals surface area contributed by atoms with E-state index < -0.39 is 26.5 Å². The van der Waals surface area contributed by atoms with Crippen LogP contribution in [-0.4, -0.2) is 74.9 Å². The topological polar surface area (TPSA) is 108 Å². The molecule has 1 N–H and O–H groups in total. The number of unbranched alkanes of at least 4 members (excludes halogenated alkanes) is 38. The van der Waals surface area contributed by atoms with Crippen molar-refractivity contribution in [2.24, 2.45) is 0 Å². The van der Waals surface area contributed by atoms with E-state index in [1.165, 1.54) is 218 Å². The normalized spacial score (nSPS) is 13.7. The molecule has 2 unspecified atom stereocenters. The molecule has 0 aliphatic carbocycles. The van der Waals surface area contributed by atoms with Gasteiger partial charge in [0.15, 0.2) is 6.10 Å². The van der Waals surface area contributed by atoms with Gasteiger partial charge in [0.1, 0.15) is 19.8 Å². The number of allylic oxidation sites excluding steroid dienone is 16. The van der Waals surface area contributed by atoms with Crippen molar-refractivity contribution in [3.63, 3.8) is 0 Å². The highest BCUT2D eigenvalue weighted by Crippen LogP contribution is 2.43. The van der Waals surface area contributed by atoms with Crippen LogP contribution >= 0.6 is 7.82 Å². The quantitative estimate of drug-likeness (QED) is 0.0211. The van der Waals surface area contributed by atoms with E-state index in [0.717, 1.165) is 83.5 Å². The predicted molar refractivity (Wildman–Crippen MR) is 381 cm³/mol. The zero-order chi connectivity index (χ0) is 64.1. The summed E-state index contributed by atoms with van der Waals surface area (Å²) in [7, 11) is 1.49. The Morgan fingerprint density at radius 1 is 0.364 bits per heavy atom. The molecule has 88 heavy (non-hydrogen) atoms. The van der Waals surface area contributed by atoms with E-state index in [1.54, 1.807) is 0 Å². The van der Waals surface area contributed by atoms with Crippen LogP contribution in [0, 0.1) is 0 Å². The number of phosphoric ester groups is 1. The van der Waals surface area contributed by atoms with Gasteiger partial charge < -0.3 is 18.9 Å². The third-order valence-electron chi connectivity index (χ3n) is 16.1. The van der Waals surface area contributed by atoms with Gasteiger partial charge in [0.2, 0.25) is 0 Å². The van der Waals surface area contributed by atoms with Crippen LogP contribution in [0.15, 0.2) is 97.2 Å². The van der Waals surface area contributed by atoms with Crippen molar-refractivity contribution in [2.75, 3.05) is 47.5 Å².